The van der Waals surface area contributed by atoms with Gasteiger partial charge in [0.15, 0.2) is 0 Å². The van der Waals surface area contributed by atoms with E-state index in [-0.39, 0.29) is 44.0 Å². The van der Waals surface area contributed by atoms with Gasteiger partial charge in [-0.15, -0.1) is 0 Å². The van der Waals surface area contributed by atoms with Gasteiger partial charge in [-0.25, -0.2) is 0 Å². The SMILES string of the molecule is C[N-][Si](C)(C)C1C2C(C)C(OC)C(C)CC2C2C=C(C)N(C)C21.[CH3-].[CH3-].[CH3-].[Ti+4]. The molecule has 1 heterocycles. The third kappa shape index (κ3) is 4.45. The molecule has 1 aliphatic heterocycles. The molecule has 0 spiro atoms. The smallest absolute Gasteiger partial charge is 0.667 e. The molecule has 8 unspecified atom stereocenters. The van der Waals surface area contributed by atoms with E-state index >= 15 is 0 Å². The molecule has 3 rings (SSSR count). The Balaban J connectivity index is 0. The van der Waals surface area contributed by atoms with Gasteiger partial charge in [-0.05, 0) is 42.6 Å². The van der Waals surface area contributed by atoms with Crippen LogP contribution in [0, 0.1) is 51.9 Å². The Kier molecular flexibility index (Phi) is 11.4. The van der Waals surface area contributed by atoms with Gasteiger partial charge in [-0.1, -0.05) is 41.3 Å². The predicted octanol–water partition coefficient (Wildman–Crippen LogP) is 5.68. The minimum Gasteiger partial charge on any atom is -0.667 e. The summed E-state index contributed by atoms with van der Waals surface area (Å²) in [7, 11) is 4.66. The van der Waals surface area contributed by atoms with Crippen LogP contribution in [0.5, 0.6) is 0 Å². The molecule has 5 heteroatoms. The standard InChI is InChI=1S/C19H35N2OSi.3CH3.Ti/c1-11-9-14-15-10-12(2)21(5)17(15)19(23(7,8)20-4)16(14)13(3)18(11)22-6;;;;/h10-11,13-19H,9H2,1-8H3;3*1H3;/q4*-1;+4. The Morgan fingerprint density at radius 1 is 1.19 bits per heavy atom. The summed E-state index contributed by atoms with van der Waals surface area (Å²) in [6.45, 7) is 12.1. The Labute approximate surface area is 187 Å². The summed E-state index contributed by atoms with van der Waals surface area (Å²) >= 11 is 0. The Morgan fingerprint density at radius 2 is 1.74 bits per heavy atom. The molecular weight excluding hydrogens is 384 g/mol. The van der Waals surface area contributed by atoms with Gasteiger partial charge in [0.1, 0.15) is 0 Å². The van der Waals surface area contributed by atoms with Gasteiger partial charge < -0.3 is 36.9 Å². The summed E-state index contributed by atoms with van der Waals surface area (Å²) in [4.78, 5) is 7.54. The van der Waals surface area contributed by atoms with E-state index in [1.807, 2.05) is 7.11 Å². The number of methoxy groups -OCH3 is 1. The van der Waals surface area contributed by atoms with Crippen LogP contribution in [0.25, 0.3) is 4.98 Å². The van der Waals surface area contributed by atoms with Gasteiger partial charge in [0, 0.05) is 31.8 Å². The number of hydrogen-bond acceptors (Lipinski definition) is 2. The third-order valence-electron chi connectivity index (χ3n) is 7.60. The molecule has 2 saturated carbocycles. The normalized spacial score (nSPS) is 39.7. The van der Waals surface area contributed by atoms with E-state index in [0.717, 1.165) is 23.3 Å². The molecule has 0 saturated heterocycles. The van der Waals surface area contributed by atoms with E-state index < -0.39 is 8.24 Å². The van der Waals surface area contributed by atoms with E-state index in [2.05, 4.69) is 58.9 Å². The molecule has 8 atom stereocenters. The molecule has 0 aromatic heterocycles. The zero-order valence-electron chi connectivity index (χ0n) is 19.7. The van der Waals surface area contributed by atoms with Crippen molar-refractivity contribution in [3.05, 3.63) is 39.0 Å². The van der Waals surface area contributed by atoms with Crippen LogP contribution in [-0.4, -0.2) is 46.5 Å². The van der Waals surface area contributed by atoms with Crippen LogP contribution in [0.2, 0.25) is 18.6 Å². The van der Waals surface area contributed by atoms with Crippen molar-refractivity contribution in [1.29, 1.82) is 0 Å². The second kappa shape index (κ2) is 10.4. The maximum atomic E-state index is 5.94. The summed E-state index contributed by atoms with van der Waals surface area (Å²) in [5.74, 6) is 3.61. The molecule has 156 valence electrons. The number of rotatable bonds is 3. The Hall–Kier alpha value is 0.391. The van der Waals surface area contributed by atoms with Gasteiger partial charge in [0.25, 0.3) is 0 Å². The topological polar surface area (TPSA) is 26.6 Å². The molecule has 2 aliphatic carbocycles. The first kappa shape index (κ1) is 29.6. The first-order chi connectivity index (χ1) is 10.7. The van der Waals surface area contributed by atoms with Crippen molar-refractivity contribution in [3.8, 4) is 0 Å². The molecule has 27 heavy (non-hydrogen) atoms. The van der Waals surface area contributed by atoms with Gasteiger partial charge in [-0.2, -0.15) is 7.05 Å². The Morgan fingerprint density at radius 3 is 2.22 bits per heavy atom. The molecule has 2 fully saturated rings. The van der Waals surface area contributed by atoms with Crippen molar-refractivity contribution < 1.29 is 26.5 Å². The number of fused-ring (bicyclic) bond motifs is 3. The summed E-state index contributed by atoms with van der Waals surface area (Å²) in [6.07, 6.45) is 4.31. The molecule has 0 N–H and O–H groups in total. The fourth-order valence-corrected chi connectivity index (χ4v) is 9.48. The second-order valence-corrected chi connectivity index (χ2v) is 13.3. The summed E-state index contributed by atoms with van der Waals surface area (Å²) < 4.78 is 5.94. The number of hydrogen-bond donors (Lipinski definition) is 0. The van der Waals surface area contributed by atoms with Crippen molar-refractivity contribution in [2.24, 2.45) is 29.6 Å². The largest absolute Gasteiger partial charge is 4.00 e. The first-order valence-corrected chi connectivity index (χ1v) is 12.3. The fourth-order valence-electron chi connectivity index (χ4n) is 6.41. The zero-order chi connectivity index (χ0) is 17.1. The number of nitrogens with zero attached hydrogens (tertiary/aromatic N) is 2. The minimum absolute atomic E-state index is 0. The number of ether oxygens (including phenoxy) is 1. The van der Waals surface area contributed by atoms with E-state index in [4.69, 9.17) is 9.72 Å². The van der Waals surface area contributed by atoms with Crippen LogP contribution in [0.15, 0.2) is 11.8 Å². The average Bonchev–Trinajstić information content (AvgIpc) is 2.96. The van der Waals surface area contributed by atoms with Crippen LogP contribution in [-0.2, 0) is 26.5 Å². The maximum absolute atomic E-state index is 5.94. The molecule has 3 nitrogen and oxygen atoms in total. The van der Waals surface area contributed by atoms with Crippen LogP contribution in [0.3, 0.4) is 0 Å². The molecule has 0 amide bonds. The third-order valence-corrected chi connectivity index (χ3v) is 11.1. The van der Waals surface area contributed by atoms with Crippen molar-refractivity contribution in [2.75, 3.05) is 21.2 Å². The molecule has 3 aliphatic rings. The first-order valence-electron chi connectivity index (χ1n) is 9.29. The predicted molar refractivity (Wildman–Crippen MR) is 119 cm³/mol. The quantitative estimate of drug-likeness (QED) is 0.427. The Bertz CT molecular complexity index is 499. The average molecular weight is 429 g/mol. The molecule has 0 bridgehead atoms. The molecule has 0 aromatic carbocycles. The van der Waals surface area contributed by atoms with Crippen molar-refractivity contribution in [2.45, 2.75) is 58.0 Å². The van der Waals surface area contributed by atoms with Crippen LogP contribution < -0.4 is 0 Å². The van der Waals surface area contributed by atoms with Crippen LogP contribution in [0.1, 0.15) is 27.2 Å². The second-order valence-electron chi connectivity index (χ2n) is 8.90. The van der Waals surface area contributed by atoms with Gasteiger partial charge in [0.05, 0.1) is 6.10 Å². The van der Waals surface area contributed by atoms with Gasteiger partial charge in [-0.3, -0.25) is 0 Å². The van der Waals surface area contributed by atoms with E-state index in [1.165, 1.54) is 12.1 Å². The van der Waals surface area contributed by atoms with Crippen molar-refractivity contribution >= 4 is 8.24 Å². The summed E-state index contributed by atoms with van der Waals surface area (Å²) in [5.41, 5.74) is 2.21. The fraction of sp³-hybridized carbons (Fsp3) is 0.773. The van der Waals surface area contributed by atoms with E-state index in [0.29, 0.717) is 24.0 Å². The summed E-state index contributed by atoms with van der Waals surface area (Å²) in [6, 6.07) is 0.667. The summed E-state index contributed by atoms with van der Waals surface area (Å²) in [5, 5.41) is 0. The maximum Gasteiger partial charge on any atom is 4.00 e. The van der Waals surface area contributed by atoms with Gasteiger partial charge in [0.2, 0.25) is 0 Å². The van der Waals surface area contributed by atoms with Gasteiger partial charge >= 0.3 is 21.7 Å². The molecular formula is C22H44N2OSiTi. The van der Waals surface area contributed by atoms with E-state index in [9.17, 15) is 0 Å². The van der Waals surface area contributed by atoms with E-state index in [1.54, 1.807) is 0 Å². The van der Waals surface area contributed by atoms with Crippen LogP contribution >= 0.6 is 0 Å². The van der Waals surface area contributed by atoms with Crippen molar-refractivity contribution in [3.63, 3.8) is 0 Å². The monoisotopic (exact) mass is 428 g/mol. The zero-order valence-corrected chi connectivity index (χ0v) is 22.3. The molecule has 0 aromatic rings. The molecule has 0 radical (unpaired) electrons. The minimum atomic E-state index is -1.62. The number of allylic oxidation sites excluding steroid dienone is 1. The van der Waals surface area contributed by atoms with Crippen LogP contribution in [0.4, 0.5) is 0 Å². The van der Waals surface area contributed by atoms with Crippen molar-refractivity contribution in [1.82, 2.24) is 4.90 Å².